The summed E-state index contributed by atoms with van der Waals surface area (Å²) >= 11 is 0. The van der Waals surface area contributed by atoms with Gasteiger partial charge in [0.05, 0.1) is 11.8 Å². The first kappa shape index (κ1) is 14.5. The molecule has 0 radical (unpaired) electrons. The molecule has 1 aromatic rings. The Morgan fingerprint density at radius 2 is 2.15 bits per heavy atom. The van der Waals surface area contributed by atoms with E-state index in [-0.39, 0.29) is 16.3 Å². The highest BCUT2D eigenvalue weighted by Crippen LogP contribution is 2.34. The van der Waals surface area contributed by atoms with Gasteiger partial charge in [-0.1, -0.05) is 0 Å². The lowest BCUT2D eigenvalue weighted by Gasteiger charge is -2.29. The summed E-state index contributed by atoms with van der Waals surface area (Å²) in [7, 11) is 0. The number of halogens is 4. The van der Waals surface area contributed by atoms with Gasteiger partial charge in [-0.2, -0.15) is 10.1 Å². The molecule has 20 heavy (non-hydrogen) atoms. The van der Waals surface area contributed by atoms with Gasteiger partial charge in [-0.15, -0.1) is 0 Å². The van der Waals surface area contributed by atoms with Crippen LogP contribution in [-0.2, 0) is 0 Å². The van der Waals surface area contributed by atoms with Crippen molar-refractivity contribution in [3.8, 4) is 0 Å². The summed E-state index contributed by atoms with van der Waals surface area (Å²) in [5.41, 5.74) is -4.18. The molecule has 1 aromatic heterocycles. The van der Waals surface area contributed by atoms with Crippen LogP contribution >= 0.6 is 0 Å². The van der Waals surface area contributed by atoms with E-state index >= 15 is 0 Å². The molecule has 1 amide bonds. The van der Waals surface area contributed by atoms with Crippen LogP contribution in [0.4, 0.5) is 17.6 Å². The van der Waals surface area contributed by atoms with E-state index in [1.807, 2.05) is 0 Å². The number of carbonyl (C=O) groups is 1. The van der Waals surface area contributed by atoms with Crippen molar-refractivity contribution in [2.45, 2.75) is 31.9 Å². The number of amides is 1. The summed E-state index contributed by atoms with van der Waals surface area (Å²) in [6.45, 7) is 1.39. The largest absolute Gasteiger partial charge is 0.469 e. The Labute approximate surface area is 110 Å². The summed E-state index contributed by atoms with van der Waals surface area (Å²) in [5, 5.41) is 12.9. The van der Waals surface area contributed by atoms with Crippen LogP contribution in [0.3, 0.4) is 0 Å². The highest BCUT2D eigenvalue weighted by Gasteiger charge is 2.53. The number of alkyl halides is 4. The second-order valence-corrected chi connectivity index (χ2v) is 4.26. The predicted molar refractivity (Wildman–Crippen MR) is 58.6 cm³/mol. The molecule has 0 unspecified atom stereocenters. The van der Waals surface area contributed by atoms with E-state index in [1.54, 1.807) is 0 Å². The summed E-state index contributed by atoms with van der Waals surface area (Å²) in [6, 6.07) is 1.18. The first-order chi connectivity index (χ1) is 9.27. The third kappa shape index (κ3) is 2.17. The van der Waals surface area contributed by atoms with Crippen molar-refractivity contribution in [2.24, 2.45) is 5.10 Å². The fourth-order valence-electron chi connectivity index (χ4n) is 1.82. The molecular formula is C11H10F4N2O3. The van der Waals surface area contributed by atoms with Crippen LogP contribution in [0.1, 0.15) is 22.5 Å². The number of hydrogen-bond donors (Lipinski definition) is 1. The number of hydrazone groups is 1. The third-order valence-electron chi connectivity index (χ3n) is 2.92. The highest BCUT2D eigenvalue weighted by molar-refractivity contribution is 5.99. The van der Waals surface area contributed by atoms with Crippen molar-refractivity contribution in [3.63, 3.8) is 0 Å². The zero-order valence-electron chi connectivity index (χ0n) is 10.2. The number of furan rings is 1. The molecule has 2 heterocycles. The molecule has 110 valence electrons. The van der Waals surface area contributed by atoms with E-state index in [0.29, 0.717) is 0 Å². The van der Waals surface area contributed by atoms with E-state index in [0.717, 1.165) is 6.26 Å². The van der Waals surface area contributed by atoms with Crippen LogP contribution in [0.15, 0.2) is 21.8 Å². The smallest absolute Gasteiger partial charge is 0.287 e. The van der Waals surface area contributed by atoms with Gasteiger partial charge in [0.25, 0.3) is 18.8 Å². The van der Waals surface area contributed by atoms with Gasteiger partial charge in [-0.25, -0.2) is 17.6 Å². The number of aliphatic hydroxyl groups is 1. The van der Waals surface area contributed by atoms with Crippen molar-refractivity contribution in [1.82, 2.24) is 5.01 Å². The van der Waals surface area contributed by atoms with Gasteiger partial charge < -0.3 is 9.52 Å². The van der Waals surface area contributed by atoms with E-state index in [1.165, 1.54) is 13.0 Å². The minimum atomic E-state index is -3.45. The Hall–Kier alpha value is -1.90. The molecule has 0 fully saturated rings. The molecular weight excluding hydrogens is 284 g/mol. The normalized spacial score (nSPS) is 22.8. The summed E-state index contributed by atoms with van der Waals surface area (Å²) in [5.74, 6) is -1.03. The van der Waals surface area contributed by atoms with Crippen LogP contribution in [0.5, 0.6) is 0 Å². The topological polar surface area (TPSA) is 66.0 Å². The van der Waals surface area contributed by atoms with Crippen molar-refractivity contribution in [3.05, 3.63) is 23.7 Å². The first-order valence-electron chi connectivity index (χ1n) is 5.52. The SMILES string of the molecule is Cc1occc1C(=O)N1N=C(C(F)F)C[C@@]1(O)C(F)F. The second-order valence-electron chi connectivity index (χ2n) is 4.26. The molecule has 0 aromatic carbocycles. The lowest BCUT2D eigenvalue weighted by molar-refractivity contribution is -0.164. The molecule has 5 nitrogen and oxygen atoms in total. The lowest BCUT2D eigenvalue weighted by atomic mass is 10.1. The van der Waals surface area contributed by atoms with Crippen LogP contribution in [0, 0.1) is 6.92 Å². The molecule has 1 aliphatic rings. The maximum absolute atomic E-state index is 12.9. The molecule has 0 aliphatic carbocycles. The van der Waals surface area contributed by atoms with Crippen LogP contribution < -0.4 is 0 Å². The van der Waals surface area contributed by atoms with Crippen LogP contribution in [-0.4, -0.2) is 40.3 Å². The average molecular weight is 294 g/mol. The number of aryl methyl sites for hydroxylation is 1. The second kappa shape index (κ2) is 4.89. The summed E-state index contributed by atoms with van der Waals surface area (Å²) in [4.78, 5) is 12.0. The fraction of sp³-hybridized carbons (Fsp3) is 0.455. The molecule has 0 spiro atoms. The quantitative estimate of drug-likeness (QED) is 0.867. The molecule has 1 aliphatic heterocycles. The number of nitrogens with zero attached hydrogens (tertiary/aromatic N) is 2. The van der Waals surface area contributed by atoms with E-state index in [2.05, 4.69) is 5.10 Å². The Balaban J connectivity index is 2.40. The van der Waals surface area contributed by atoms with Crippen molar-refractivity contribution in [2.75, 3.05) is 0 Å². The molecule has 0 saturated carbocycles. The van der Waals surface area contributed by atoms with E-state index < -0.39 is 36.6 Å². The van der Waals surface area contributed by atoms with Crippen molar-refractivity contribution < 1.29 is 31.9 Å². The Morgan fingerprint density at radius 1 is 1.50 bits per heavy atom. The highest BCUT2D eigenvalue weighted by atomic mass is 19.3. The van der Waals surface area contributed by atoms with Crippen molar-refractivity contribution >= 4 is 11.6 Å². The Morgan fingerprint density at radius 3 is 2.60 bits per heavy atom. The van der Waals surface area contributed by atoms with E-state index in [4.69, 9.17) is 4.42 Å². The predicted octanol–water partition coefficient (Wildman–Crippen LogP) is 2.01. The van der Waals surface area contributed by atoms with Gasteiger partial charge in [0.2, 0.25) is 5.72 Å². The number of carbonyl (C=O) groups excluding carboxylic acids is 1. The number of rotatable bonds is 3. The first-order valence-corrected chi connectivity index (χ1v) is 5.52. The van der Waals surface area contributed by atoms with Crippen molar-refractivity contribution in [1.29, 1.82) is 0 Å². The van der Waals surface area contributed by atoms with Crippen LogP contribution in [0.2, 0.25) is 0 Å². The standard InChI is InChI=1S/C11H10F4N2O3/c1-5-6(2-3-20-5)9(18)17-11(19,10(14)15)4-7(16-17)8(12)13/h2-3,8,10,19H,4H2,1H3/t11-/m1/s1. The minimum Gasteiger partial charge on any atom is -0.469 e. The van der Waals surface area contributed by atoms with E-state index in [9.17, 15) is 27.5 Å². The van der Waals surface area contributed by atoms with Gasteiger partial charge in [0.1, 0.15) is 11.5 Å². The fourth-order valence-corrected chi connectivity index (χ4v) is 1.82. The summed E-state index contributed by atoms with van der Waals surface area (Å²) < 4.78 is 55.8. The van der Waals surface area contributed by atoms with Gasteiger partial charge in [-0.05, 0) is 13.0 Å². The monoisotopic (exact) mass is 294 g/mol. The molecule has 2 rings (SSSR count). The molecule has 0 saturated heterocycles. The molecule has 9 heteroatoms. The lowest BCUT2D eigenvalue weighted by Crippen LogP contribution is -2.51. The Bertz CT molecular complexity index is 558. The zero-order chi connectivity index (χ0) is 15.1. The maximum atomic E-state index is 12.9. The van der Waals surface area contributed by atoms with Gasteiger partial charge in [0.15, 0.2) is 0 Å². The third-order valence-corrected chi connectivity index (χ3v) is 2.92. The molecule has 1 N–H and O–H groups in total. The number of hydrogen-bond acceptors (Lipinski definition) is 4. The maximum Gasteiger partial charge on any atom is 0.287 e. The minimum absolute atomic E-state index is 0.00296. The average Bonchev–Trinajstić information content (AvgIpc) is 2.93. The zero-order valence-corrected chi connectivity index (χ0v) is 10.2. The summed E-state index contributed by atoms with van der Waals surface area (Å²) in [6.07, 6.45) is -6.55. The van der Waals surface area contributed by atoms with Gasteiger partial charge in [-0.3, -0.25) is 4.79 Å². The van der Waals surface area contributed by atoms with Gasteiger partial charge in [0, 0.05) is 6.42 Å². The Kier molecular flexibility index (Phi) is 3.55. The van der Waals surface area contributed by atoms with Crippen LogP contribution in [0.25, 0.3) is 0 Å². The molecule has 0 bridgehead atoms. The molecule has 1 atom stereocenters. The van der Waals surface area contributed by atoms with Gasteiger partial charge >= 0.3 is 0 Å².